The van der Waals surface area contributed by atoms with Gasteiger partial charge in [0.25, 0.3) is 0 Å². The zero-order valence-corrected chi connectivity index (χ0v) is 21.9. The van der Waals surface area contributed by atoms with Gasteiger partial charge in [0.15, 0.2) is 9.84 Å². The van der Waals surface area contributed by atoms with Crippen molar-refractivity contribution in [3.8, 4) is 0 Å². The van der Waals surface area contributed by atoms with Crippen LogP contribution in [0.2, 0.25) is 0 Å². The number of benzene rings is 2. The van der Waals surface area contributed by atoms with Crippen LogP contribution in [0.15, 0.2) is 60.7 Å². The summed E-state index contributed by atoms with van der Waals surface area (Å²) in [4.78, 5) is 9.67. The lowest BCUT2D eigenvalue weighted by molar-refractivity contribution is 0.256. The average molecular weight is 499 g/mol. The van der Waals surface area contributed by atoms with Crippen molar-refractivity contribution in [2.45, 2.75) is 25.9 Å². The normalized spacial score (nSPS) is 19.9. The summed E-state index contributed by atoms with van der Waals surface area (Å²) in [6.07, 6.45) is 2.19. The molecule has 35 heavy (non-hydrogen) atoms. The number of hydrogen-bond donors (Lipinski definition) is 0. The van der Waals surface area contributed by atoms with Crippen LogP contribution in [0.25, 0.3) is 0 Å². The molecule has 0 atom stereocenters. The minimum atomic E-state index is -3.04. The summed E-state index contributed by atoms with van der Waals surface area (Å²) < 4.78 is 25.6. The highest BCUT2D eigenvalue weighted by Gasteiger charge is 2.20. The van der Waals surface area contributed by atoms with E-state index in [9.17, 15) is 8.42 Å². The van der Waals surface area contributed by atoms with Gasteiger partial charge in [-0.05, 0) is 50.1 Å². The first kappa shape index (κ1) is 26.3. The number of hydrogen-bond acceptors (Lipinski definition) is 6. The van der Waals surface area contributed by atoms with Crippen LogP contribution in [0.5, 0.6) is 0 Å². The SMILES string of the molecule is O=S(=O)(CCN1CCCN(Cc2ccccc2)CC1)CCN1CCCN(Cc2ccccc2)CC1. The minimum absolute atomic E-state index is 0.277. The molecule has 4 rings (SSSR count). The Hall–Kier alpha value is -1.77. The standard InChI is InChI=1S/C28H42N4O2S/c33-35(34,23-21-29-13-7-15-31(19-17-29)25-27-9-3-1-4-10-27)24-22-30-14-8-16-32(20-18-30)26-28-11-5-2-6-12-28/h1-6,9-12H,7-8,13-26H2. The Balaban J connectivity index is 1.15. The van der Waals surface area contributed by atoms with Gasteiger partial charge in [-0.25, -0.2) is 8.42 Å². The second kappa shape index (κ2) is 13.5. The lowest BCUT2D eigenvalue weighted by Gasteiger charge is -2.23. The summed E-state index contributed by atoms with van der Waals surface area (Å²) in [5.41, 5.74) is 2.69. The molecule has 0 aliphatic carbocycles. The highest BCUT2D eigenvalue weighted by Crippen LogP contribution is 2.11. The topological polar surface area (TPSA) is 47.1 Å². The first-order valence-electron chi connectivity index (χ1n) is 13.2. The first-order chi connectivity index (χ1) is 17.1. The summed E-state index contributed by atoms with van der Waals surface area (Å²) in [6.45, 7) is 11.3. The molecule has 2 aromatic rings. The molecule has 0 N–H and O–H groups in total. The lowest BCUT2D eigenvalue weighted by atomic mass is 10.2. The van der Waals surface area contributed by atoms with Crippen LogP contribution in [0.3, 0.4) is 0 Å². The van der Waals surface area contributed by atoms with E-state index in [1.54, 1.807) is 0 Å². The molecule has 0 saturated carbocycles. The van der Waals surface area contributed by atoms with Gasteiger partial charge < -0.3 is 9.80 Å². The van der Waals surface area contributed by atoms with Crippen molar-refractivity contribution in [3.63, 3.8) is 0 Å². The smallest absolute Gasteiger partial charge is 0.152 e. The third-order valence-corrected chi connectivity index (χ3v) is 8.91. The minimum Gasteiger partial charge on any atom is -0.301 e. The summed E-state index contributed by atoms with van der Waals surface area (Å²) >= 11 is 0. The van der Waals surface area contributed by atoms with Gasteiger partial charge in [0.05, 0.1) is 11.5 Å². The monoisotopic (exact) mass is 498 g/mol. The van der Waals surface area contributed by atoms with E-state index < -0.39 is 9.84 Å². The Kier molecular flexibility index (Phi) is 10.2. The molecule has 2 aromatic carbocycles. The first-order valence-corrected chi connectivity index (χ1v) is 15.1. The fourth-order valence-corrected chi connectivity index (χ4v) is 6.41. The highest BCUT2D eigenvalue weighted by atomic mass is 32.2. The van der Waals surface area contributed by atoms with Gasteiger partial charge in [-0.15, -0.1) is 0 Å². The second-order valence-electron chi connectivity index (χ2n) is 10.1. The molecule has 2 aliphatic rings. The van der Waals surface area contributed by atoms with E-state index in [4.69, 9.17) is 0 Å². The number of rotatable bonds is 10. The van der Waals surface area contributed by atoms with Crippen molar-refractivity contribution in [3.05, 3.63) is 71.8 Å². The van der Waals surface area contributed by atoms with E-state index in [2.05, 4.69) is 80.3 Å². The van der Waals surface area contributed by atoms with Gasteiger partial charge in [0.2, 0.25) is 0 Å². The van der Waals surface area contributed by atoms with Gasteiger partial charge >= 0.3 is 0 Å². The molecule has 0 radical (unpaired) electrons. The van der Waals surface area contributed by atoms with E-state index in [0.717, 1.165) is 78.3 Å². The Morgan fingerprint density at radius 3 is 1.31 bits per heavy atom. The molecule has 192 valence electrons. The van der Waals surface area contributed by atoms with Gasteiger partial charge in [-0.1, -0.05) is 60.7 Å². The number of sulfone groups is 1. The zero-order valence-electron chi connectivity index (χ0n) is 21.1. The number of nitrogens with zero attached hydrogens (tertiary/aromatic N) is 4. The molecule has 2 aliphatic heterocycles. The van der Waals surface area contributed by atoms with E-state index in [-0.39, 0.29) is 11.5 Å². The molecular formula is C28H42N4O2S. The van der Waals surface area contributed by atoms with Crippen molar-refractivity contribution >= 4 is 9.84 Å². The Labute approximate surface area is 212 Å². The molecule has 0 bridgehead atoms. The van der Waals surface area contributed by atoms with Crippen LogP contribution in [-0.2, 0) is 22.9 Å². The maximum Gasteiger partial charge on any atom is 0.152 e. The summed E-state index contributed by atoms with van der Waals surface area (Å²) in [6, 6.07) is 21.2. The molecular weight excluding hydrogens is 456 g/mol. The molecule has 0 unspecified atom stereocenters. The third kappa shape index (κ3) is 9.32. The Bertz CT molecular complexity index is 897. The van der Waals surface area contributed by atoms with Gasteiger partial charge in [0.1, 0.15) is 0 Å². The fourth-order valence-electron chi connectivity index (χ4n) is 5.13. The molecule has 0 amide bonds. The molecule has 0 aromatic heterocycles. The molecule has 2 heterocycles. The molecule has 7 heteroatoms. The van der Waals surface area contributed by atoms with E-state index in [0.29, 0.717) is 13.1 Å². The van der Waals surface area contributed by atoms with Crippen LogP contribution in [0.4, 0.5) is 0 Å². The molecule has 6 nitrogen and oxygen atoms in total. The molecule has 2 saturated heterocycles. The van der Waals surface area contributed by atoms with Crippen LogP contribution in [-0.4, -0.2) is 105 Å². The highest BCUT2D eigenvalue weighted by molar-refractivity contribution is 7.91. The van der Waals surface area contributed by atoms with Crippen LogP contribution >= 0.6 is 0 Å². The summed E-state index contributed by atoms with van der Waals surface area (Å²) in [5.74, 6) is 0.555. The lowest BCUT2D eigenvalue weighted by Crippen LogP contribution is -2.37. The Morgan fingerprint density at radius 2 is 0.886 bits per heavy atom. The van der Waals surface area contributed by atoms with Gasteiger partial charge in [0, 0.05) is 52.4 Å². The van der Waals surface area contributed by atoms with Crippen molar-refractivity contribution < 1.29 is 8.42 Å². The largest absolute Gasteiger partial charge is 0.301 e. The summed E-state index contributed by atoms with van der Waals surface area (Å²) in [7, 11) is -3.04. The Morgan fingerprint density at radius 1 is 0.514 bits per heavy atom. The van der Waals surface area contributed by atoms with Crippen molar-refractivity contribution in [1.82, 2.24) is 19.6 Å². The van der Waals surface area contributed by atoms with Crippen LogP contribution in [0.1, 0.15) is 24.0 Å². The predicted octanol–water partition coefficient (Wildman–Crippen LogP) is 2.82. The van der Waals surface area contributed by atoms with Crippen molar-refractivity contribution in [1.29, 1.82) is 0 Å². The van der Waals surface area contributed by atoms with Crippen LogP contribution in [0, 0.1) is 0 Å². The maximum atomic E-state index is 12.8. The zero-order chi connectivity index (χ0) is 24.3. The van der Waals surface area contributed by atoms with E-state index in [1.165, 1.54) is 11.1 Å². The van der Waals surface area contributed by atoms with Crippen molar-refractivity contribution in [2.75, 3.05) is 77.0 Å². The average Bonchev–Trinajstić information content (AvgIpc) is 3.23. The second-order valence-corrected chi connectivity index (χ2v) is 12.4. The predicted molar refractivity (Wildman–Crippen MR) is 144 cm³/mol. The van der Waals surface area contributed by atoms with E-state index in [1.807, 2.05) is 0 Å². The van der Waals surface area contributed by atoms with Gasteiger partial charge in [-0.2, -0.15) is 0 Å². The fraction of sp³-hybridized carbons (Fsp3) is 0.571. The third-order valence-electron chi connectivity index (χ3n) is 7.30. The van der Waals surface area contributed by atoms with Gasteiger partial charge in [-0.3, -0.25) is 9.80 Å². The molecule has 2 fully saturated rings. The van der Waals surface area contributed by atoms with E-state index >= 15 is 0 Å². The van der Waals surface area contributed by atoms with Crippen molar-refractivity contribution in [2.24, 2.45) is 0 Å². The summed E-state index contributed by atoms with van der Waals surface area (Å²) in [5, 5.41) is 0. The maximum absolute atomic E-state index is 12.8. The quantitative estimate of drug-likeness (QED) is 0.502. The molecule has 0 spiro atoms. The van der Waals surface area contributed by atoms with Crippen LogP contribution < -0.4 is 0 Å².